The van der Waals surface area contributed by atoms with E-state index in [4.69, 9.17) is 4.74 Å². The van der Waals surface area contributed by atoms with Crippen molar-refractivity contribution in [2.45, 2.75) is 32.6 Å². The fourth-order valence-corrected chi connectivity index (χ4v) is 2.04. The zero-order valence-corrected chi connectivity index (χ0v) is 11.2. The van der Waals surface area contributed by atoms with E-state index in [1.54, 1.807) is 0 Å². The summed E-state index contributed by atoms with van der Waals surface area (Å²) in [4.78, 5) is 11.9. The fraction of sp³-hybridized carbons (Fsp3) is 0.400. The molecule has 1 aromatic rings. The number of hydrogen-bond acceptors (Lipinski definition) is 4. The molecule has 0 amide bonds. The number of hydrogen-bond donors (Lipinski definition) is 2. The molecule has 2 atom stereocenters. The van der Waals surface area contributed by atoms with Gasteiger partial charge in [0, 0.05) is 12.5 Å². The summed E-state index contributed by atoms with van der Waals surface area (Å²) in [5, 5.41) is 12.5. The van der Waals surface area contributed by atoms with E-state index >= 15 is 0 Å². The molecule has 0 aliphatic carbocycles. The van der Waals surface area contributed by atoms with Gasteiger partial charge in [-0.3, -0.25) is 4.79 Å². The first-order valence-electron chi connectivity index (χ1n) is 6.46. The molecular weight excluding hydrogens is 242 g/mol. The van der Waals surface area contributed by atoms with Crippen LogP contribution in [0.2, 0.25) is 0 Å². The van der Waals surface area contributed by atoms with Gasteiger partial charge in [-0.25, -0.2) is 0 Å². The number of ether oxygens (including phenoxy) is 1. The second kappa shape index (κ2) is 5.89. The van der Waals surface area contributed by atoms with E-state index in [2.05, 4.69) is 5.32 Å². The predicted molar refractivity (Wildman–Crippen MR) is 72.1 cm³/mol. The summed E-state index contributed by atoms with van der Waals surface area (Å²) in [6.45, 7) is 3.93. The fourth-order valence-electron chi connectivity index (χ4n) is 2.04. The summed E-state index contributed by atoms with van der Waals surface area (Å²) in [6.07, 6.45) is 0.683. The van der Waals surface area contributed by atoms with Crippen molar-refractivity contribution < 1.29 is 14.6 Å². The molecule has 19 heavy (non-hydrogen) atoms. The number of aliphatic hydroxyl groups is 1. The molecule has 1 heterocycles. The highest BCUT2D eigenvalue weighted by Crippen LogP contribution is 2.20. The molecule has 4 nitrogen and oxygen atoms in total. The Morgan fingerprint density at radius 3 is 2.68 bits per heavy atom. The molecule has 4 heteroatoms. The van der Waals surface area contributed by atoms with Crippen LogP contribution < -0.4 is 5.32 Å². The summed E-state index contributed by atoms with van der Waals surface area (Å²) >= 11 is 0. The summed E-state index contributed by atoms with van der Waals surface area (Å²) in [5.41, 5.74) is 0.961. The minimum Gasteiger partial charge on any atom is -0.471 e. The summed E-state index contributed by atoms with van der Waals surface area (Å²) in [6, 6.07) is 9.53. The van der Waals surface area contributed by atoms with Crippen LogP contribution in [0.1, 0.15) is 19.4 Å². The van der Waals surface area contributed by atoms with Gasteiger partial charge in [-0.05, 0) is 11.5 Å². The van der Waals surface area contributed by atoms with E-state index < -0.39 is 6.23 Å². The third kappa shape index (κ3) is 3.58. The van der Waals surface area contributed by atoms with Crippen molar-refractivity contribution >= 4 is 5.78 Å². The Morgan fingerprint density at radius 1 is 1.42 bits per heavy atom. The van der Waals surface area contributed by atoms with Crippen LogP contribution in [0.25, 0.3) is 0 Å². The second-order valence-corrected chi connectivity index (χ2v) is 5.05. The molecule has 0 spiro atoms. The van der Waals surface area contributed by atoms with Gasteiger partial charge in [0.1, 0.15) is 6.10 Å². The Kier molecular flexibility index (Phi) is 4.22. The maximum atomic E-state index is 11.9. The van der Waals surface area contributed by atoms with Crippen LogP contribution in [0.3, 0.4) is 0 Å². The quantitative estimate of drug-likeness (QED) is 0.808. The van der Waals surface area contributed by atoms with Gasteiger partial charge in [-0.2, -0.15) is 0 Å². The lowest BCUT2D eigenvalue weighted by molar-refractivity contribution is -0.114. The molecule has 2 rings (SSSR count). The standard InChI is InChI=1S/C15H19NO3/c1-10(2)14-15(18)16-13(19-14)9-12(17)8-11-6-4-3-5-7-11/h3-7,9-10,14-16,18H,8H2,1-2H3/b13-9+/t14-,15?/m0/s1. The van der Waals surface area contributed by atoms with Crippen LogP contribution in [-0.4, -0.2) is 23.2 Å². The van der Waals surface area contributed by atoms with Crippen LogP contribution >= 0.6 is 0 Å². The number of aliphatic hydroxyl groups excluding tert-OH is 1. The van der Waals surface area contributed by atoms with Crippen LogP contribution in [0, 0.1) is 5.92 Å². The van der Waals surface area contributed by atoms with Crippen molar-refractivity contribution in [2.75, 3.05) is 0 Å². The molecular formula is C15H19NO3. The summed E-state index contributed by atoms with van der Waals surface area (Å²) in [7, 11) is 0. The minimum atomic E-state index is -0.754. The van der Waals surface area contributed by atoms with Gasteiger partial charge in [0.25, 0.3) is 0 Å². The first-order valence-corrected chi connectivity index (χ1v) is 6.46. The normalized spacial score (nSPS) is 24.3. The average molecular weight is 261 g/mol. The van der Waals surface area contributed by atoms with Gasteiger partial charge in [-0.15, -0.1) is 0 Å². The van der Waals surface area contributed by atoms with E-state index in [1.165, 1.54) is 6.08 Å². The topological polar surface area (TPSA) is 58.6 Å². The Hall–Kier alpha value is -1.81. The van der Waals surface area contributed by atoms with Crippen molar-refractivity contribution in [3.8, 4) is 0 Å². The van der Waals surface area contributed by atoms with E-state index in [0.29, 0.717) is 12.3 Å². The summed E-state index contributed by atoms with van der Waals surface area (Å²) in [5.74, 6) is 0.482. The molecule has 1 unspecified atom stereocenters. The van der Waals surface area contributed by atoms with Gasteiger partial charge in [0.05, 0.1) is 0 Å². The first-order chi connectivity index (χ1) is 9.06. The van der Waals surface area contributed by atoms with Crippen LogP contribution in [0.5, 0.6) is 0 Å². The van der Waals surface area contributed by atoms with Crippen LogP contribution in [-0.2, 0) is 16.0 Å². The predicted octanol–water partition coefficient (Wildman–Crippen LogP) is 1.60. The van der Waals surface area contributed by atoms with Gasteiger partial charge < -0.3 is 15.2 Å². The second-order valence-electron chi connectivity index (χ2n) is 5.05. The van der Waals surface area contributed by atoms with E-state index in [0.717, 1.165) is 5.56 Å². The largest absolute Gasteiger partial charge is 0.471 e. The number of benzene rings is 1. The molecule has 0 radical (unpaired) electrons. The Morgan fingerprint density at radius 2 is 2.11 bits per heavy atom. The maximum absolute atomic E-state index is 11.9. The molecule has 1 fully saturated rings. The zero-order chi connectivity index (χ0) is 13.8. The van der Waals surface area contributed by atoms with Crippen LogP contribution in [0.15, 0.2) is 42.3 Å². The highest BCUT2D eigenvalue weighted by molar-refractivity contribution is 5.91. The number of ketones is 1. The Balaban J connectivity index is 1.97. The van der Waals surface area contributed by atoms with Gasteiger partial charge in [-0.1, -0.05) is 44.2 Å². The van der Waals surface area contributed by atoms with E-state index in [1.807, 2.05) is 44.2 Å². The molecule has 102 valence electrons. The molecule has 0 bridgehead atoms. The van der Waals surface area contributed by atoms with Gasteiger partial charge in [0.2, 0.25) is 0 Å². The number of rotatable bonds is 4. The Bertz CT molecular complexity index is 468. The number of allylic oxidation sites excluding steroid dienone is 1. The van der Waals surface area contributed by atoms with E-state index in [-0.39, 0.29) is 17.8 Å². The summed E-state index contributed by atoms with van der Waals surface area (Å²) < 4.78 is 5.52. The molecule has 1 saturated heterocycles. The van der Waals surface area contributed by atoms with E-state index in [9.17, 15) is 9.90 Å². The molecule has 1 aliphatic heterocycles. The van der Waals surface area contributed by atoms with Crippen LogP contribution in [0.4, 0.5) is 0 Å². The van der Waals surface area contributed by atoms with Gasteiger partial charge >= 0.3 is 0 Å². The molecule has 0 aromatic heterocycles. The highest BCUT2D eigenvalue weighted by Gasteiger charge is 2.32. The zero-order valence-electron chi connectivity index (χ0n) is 11.2. The molecule has 1 aliphatic rings. The third-order valence-electron chi connectivity index (χ3n) is 3.03. The number of nitrogens with one attached hydrogen (secondary N) is 1. The lowest BCUT2D eigenvalue weighted by atomic mass is 10.1. The monoisotopic (exact) mass is 261 g/mol. The van der Waals surface area contributed by atoms with Crippen molar-refractivity contribution in [2.24, 2.45) is 5.92 Å². The molecule has 1 aromatic carbocycles. The average Bonchev–Trinajstić information content (AvgIpc) is 2.71. The van der Waals surface area contributed by atoms with Crippen molar-refractivity contribution in [3.05, 3.63) is 47.9 Å². The highest BCUT2D eigenvalue weighted by atomic mass is 16.5. The lowest BCUT2D eigenvalue weighted by Crippen LogP contribution is -2.33. The van der Waals surface area contributed by atoms with Crippen molar-refractivity contribution in [1.82, 2.24) is 5.32 Å². The third-order valence-corrected chi connectivity index (χ3v) is 3.03. The van der Waals surface area contributed by atoms with Crippen molar-refractivity contribution in [3.63, 3.8) is 0 Å². The number of carbonyl (C=O) groups is 1. The lowest BCUT2D eigenvalue weighted by Gasteiger charge is -2.15. The Labute approximate surface area is 113 Å². The minimum absolute atomic E-state index is 0.0506. The smallest absolute Gasteiger partial charge is 0.192 e. The van der Waals surface area contributed by atoms with Crippen molar-refractivity contribution in [1.29, 1.82) is 0 Å². The molecule has 0 saturated carbocycles. The number of carbonyl (C=O) groups excluding carboxylic acids is 1. The SMILES string of the molecule is CC(C)[C@@H]1O/C(=C/C(=O)Cc2ccccc2)NC1O. The van der Waals surface area contributed by atoms with Gasteiger partial charge in [0.15, 0.2) is 17.9 Å². The molecule has 2 N–H and O–H groups in total. The first kappa shape index (κ1) is 13.6. The maximum Gasteiger partial charge on any atom is 0.192 e.